The van der Waals surface area contributed by atoms with Gasteiger partial charge in [0.15, 0.2) is 0 Å². The summed E-state index contributed by atoms with van der Waals surface area (Å²) in [5.41, 5.74) is 2.14. The van der Waals surface area contributed by atoms with Crippen LogP contribution in [0.15, 0.2) is 18.2 Å². The molecule has 1 unspecified atom stereocenters. The number of carbonyl (C=O) groups excluding carboxylic acids is 1. The van der Waals surface area contributed by atoms with Crippen LogP contribution in [0.3, 0.4) is 0 Å². The van der Waals surface area contributed by atoms with E-state index in [1.54, 1.807) is 4.90 Å². The Labute approximate surface area is 109 Å². The number of rotatable bonds is 2. The molecular formula is C15H21NO2. The topological polar surface area (TPSA) is 29.5 Å². The SMILES string of the molecule is CC(C)Cc1ccc2c(c1)N(C)C(=O)CC(C)O2. The molecule has 1 heterocycles. The minimum absolute atomic E-state index is 0.0582. The second kappa shape index (κ2) is 5.01. The van der Waals surface area contributed by atoms with Gasteiger partial charge in [0.1, 0.15) is 11.9 Å². The summed E-state index contributed by atoms with van der Waals surface area (Å²) in [7, 11) is 1.82. The number of nitrogens with zero attached hydrogens (tertiary/aromatic N) is 1. The van der Waals surface area contributed by atoms with Crippen LogP contribution in [0.25, 0.3) is 0 Å². The van der Waals surface area contributed by atoms with Gasteiger partial charge in [0.25, 0.3) is 0 Å². The Balaban J connectivity index is 2.37. The first-order valence-electron chi connectivity index (χ1n) is 6.53. The van der Waals surface area contributed by atoms with Crippen LogP contribution in [-0.4, -0.2) is 19.1 Å². The zero-order valence-corrected chi connectivity index (χ0v) is 11.6. The third-order valence-corrected chi connectivity index (χ3v) is 3.19. The van der Waals surface area contributed by atoms with E-state index in [9.17, 15) is 4.79 Å². The Morgan fingerprint density at radius 3 is 2.83 bits per heavy atom. The van der Waals surface area contributed by atoms with Crippen molar-refractivity contribution in [2.24, 2.45) is 5.92 Å². The molecule has 2 rings (SSSR count). The molecule has 0 aromatic heterocycles. The van der Waals surface area contributed by atoms with Crippen molar-refractivity contribution < 1.29 is 9.53 Å². The van der Waals surface area contributed by atoms with Gasteiger partial charge in [0.2, 0.25) is 5.91 Å². The van der Waals surface area contributed by atoms with E-state index in [1.165, 1.54) is 5.56 Å². The number of hydrogen-bond acceptors (Lipinski definition) is 2. The molecule has 0 radical (unpaired) electrons. The molecule has 1 amide bonds. The summed E-state index contributed by atoms with van der Waals surface area (Å²) in [4.78, 5) is 13.7. The van der Waals surface area contributed by atoms with Gasteiger partial charge in [-0.1, -0.05) is 19.9 Å². The maximum Gasteiger partial charge on any atom is 0.230 e. The van der Waals surface area contributed by atoms with Crippen molar-refractivity contribution in [1.29, 1.82) is 0 Å². The predicted octanol–water partition coefficient (Wildman–Crippen LogP) is 3.02. The lowest BCUT2D eigenvalue weighted by Crippen LogP contribution is -2.27. The molecule has 0 saturated carbocycles. The Kier molecular flexibility index (Phi) is 3.60. The van der Waals surface area contributed by atoms with Crippen molar-refractivity contribution in [2.45, 2.75) is 39.7 Å². The Hall–Kier alpha value is -1.51. The van der Waals surface area contributed by atoms with Crippen molar-refractivity contribution >= 4 is 11.6 Å². The molecule has 18 heavy (non-hydrogen) atoms. The van der Waals surface area contributed by atoms with Crippen LogP contribution in [0.5, 0.6) is 5.75 Å². The lowest BCUT2D eigenvalue weighted by atomic mass is 10.0. The van der Waals surface area contributed by atoms with Gasteiger partial charge < -0.3 is 9.64 Å². The summed E-state index contributed by atoms with van der Waals surface area (Å²) < 4.78 is 5.80. The van der Waals surface area contributed by atoms with Gasteiger partial charge in [-0.15, -0.1) is 0 Å². The van der Waals surface area contributed by atoms with E-state index in [-0.39, 0.29) is 12.0 Å². The minimum atomic E-state index is -0.0582. The lowest BCUT2D eigenvalue weighted by molar-refractivity contribution is -0.119. The first-order valence-corrected chi connectivity index (χ1v) is 6.53. The van der Waals surface area contributed by atoms with E-state index in [1.807, 2.05) is 20.0 Å². The number of ether oxygens (including phenoxy) is 1. The van der Waals surface area contributed by atoms with E-state index in [4.69, 9.17) is 4.74 Å². The molecule has 0 bridgehead atoms. The van der Waals surface area contributed by atoms with Gasteiger partial charge in [-0.25, -0.2) is 0 Å². The zero-order valence-electron chi connectivity index (χ0n) is 11.6. The fraction of sp³-hybridized carbons (Fsp3) is 0.533. The molecule has 3 nitrogen and oxygen atoms in total. The van der Waals surface area contributed by atoms with Crippen LogP contribution in [-0.2, 0) is 11.2 Å². The number of benzene rings is 1. The molecule has 0 fully saturated rings. The first-order chi connectivity index (χ1) is 8.47. The Morgan fingerprint density at radius 1 is 1.44 bits per heavy atom. The molecule has 3 heteroatoms. The average Bonchev–Trinajstić information content (AvgIpc) is 2.38. The second-order valence-electron chi connectivity index (χ2n) is 5.49. The summed E-state index contributed by atoms with van der Waals surface area (Å²) in [5, 5.41) is 0. The van der Waals surface area contributed by atoms with Crippen molar-refractivity contribution in [2.75, 3.05) is 11.9 Å². The Morgan fingerprint density at radius 2 is 2.17 bits per heavy atom. The van der Waals surface area contributed by atoms with Gasteiger partial charge in [-0.2, -0.15) is 0 Å². The number of hydrogen-bond donors (Lipinski definition) is 0. The molecule has 1 aromatic carbocycles. The summed E-state index contributed by atoms with van der Waals surface area (Å²) in [6, 6.07) is 6.15. The normalized spacial score (nSPS) is 19.5. The molecule has 98 valence electrons. The summed E-state index contributed by atoms with van der Waals surface area (Å²) in [5.74, 6) is 1.53. The van der Waals surface area contributed by atoms with Crippen LogP contribution in [0, 0.1) is 5.92 Å². The smallest absolute Gasteiger partial charge is 0.230 e. The fourth-order valence-corrected chi connectivity index (χ4v) is 2.30. The van der Waals surface area contributed by atoms with Crippen molar-refractivity contribution in [1.82, 2.24) is 0 Å². The highest BCUT2D eigenvalue weighted by atomic mass is 16.5. The third-order valence-electron chi connectivity index (χ3n) is 3.19. The number of carbonyl (C=O) groups is 1. The van der Waals surface area contributed by atoms with E-state index in [0.717, 1.165) is 17.9 Å². The van der Waals surface area contributed by atoms with Crippen LogP contribution in [0.2, 0.25) is 0 Å². The largest absolute Gasteiger partial charge is 0.488 e. The highest BCUT2D eigenvalue weighted by Gasteiger charge is 2.24. The minimum Gasteiger partial charge on any atom is -0.488 e. The van der Waals surface area contributed by atoms with Crippen LogP contribution in [0.1, 0.15) is 32.8 Å². The third kappa shape index (κ3) is 2.66. The molecule has 1 atom stereocenters. The molecule has 0 spiro atoms. The summed E-state index contributed by atoms with van der Waals surface area (Å²) in [6.07, 6.45) is 1.40. The molecule has 0 saturated heterocycles. The predicted molar refractivity (Wildman–Crippen MR) is 73.1 cm³/mol. The van der Waals surface area contributed by atoms with Gasteiger partial charge in [-0.05, 0) is 37.0 Å². The Bertz CT molecular complexity index is 454. The first kappa shape index (κ1) is 12.9. The van der Waals surface area contributed by atoms with Crippen LogP contribution in [0.4, 0.5) is 5.69 Å². The maximum absolute atomic E-state index is 12.0. The van der Waals surface area contributed by atoms with Crippen molar-refractivity contribution in [3.8, 4) is 5.75 Å². The number of amides is 1. The zero-order chi connectivity index (χ0) is 13.3. The van der Waals surface area contributed by atoms with Crippen molar-refractivity contribution in [3.05, 3.63) is 23.8 Å². The van der Waals surface area contributed by atoms with Gasteiger partial charge >= 0.3 is 0 Å². The number of anilines is 1. The van der Waals surface area contributed by atoms with Crippen LogP contribution >= 0.6 is 0 Å². The monoisotopic (exact) mass is 247 g/mol. The molecule has 0 aliphatic carbocycles. The number of fused-ring (bicyclic) bond motifs is 1. The highest BCUT2D eigenvalue weighted by molar-refractivity contribution is 5.95. The van der Waals surface area contributed by atoms with E-state index < -0.39 is 0 Å². The van der Waals surface area contributed by atoms with Crippen LogP contribution < -0.4 is 9.64 Å². The fourth-order valence-electron chi connectivity index (χ4n) is 2.30. The lowest BCUT2D eigenvalue weighted by Gasteiger charge is -2.18. The summed E-state index contributed by atoms with van der Waals surface area (Å²) >= 11 is 0. The van der Waals surface area contributed by atoms with Crippen molar-refractivity contribution in [3.63, 3.8) is 0 Å². The molecule has 1 aliphatic heterocycles. The maximum atomic E-state index is 12.0. The molecule has 1 aromatic rings. The van der Waals surface area contributed by atoms with E-state index >= 15 is 0 Å². The van der Waals surface area contributed by atoms with Gasteiger partial charge in [0, 0.05) is 7.05 Å². The standard InChI is InChI=1S/C15H21NO2/c1-10(2)7-12-5-6-14-13(9-12)16(4)15(17)8-11(3)18-14/h5-6,9-11H,7-8H2,1-4H3. The quantitative estimate of drug-likeness (QED) is 0.804. The highest BCUT2D eigenvalue weighted by Crippen LogP contribution is 2.33. The molecular weight excluding hydrogens is 226 g/mol. The van der Waals surface area contributed by atoms with E-state index in [2.05, 4.69) is 26.0 Å². The van der Waals surface area contributed by atoms with Gasteiger partial charge in [0.05, 0.1) is 12.1 Å². The van der Waals surface area contributed by atoms with Gasteiger partial charge in [-0.3, -0.25) is 4.79 Å². The molecule has 1 aliphatic rings. The summed E-state index contributed by atoms with van der Waals surface area (Å²) in [6.45, 7) is 6.32. The second-order valence-corrected chi connectivity index (χ2v) is 5.49. The molecule has 0 N–H and O–H groups in total. The van der Waals surface area contributed by atoms with E-state index in [0.29, 0.717) is 12.3 Å². The average molecular weight is 247 g/mol.